The van der Waals surface area contributed by atoms with Crippen molar-refractivity contribution >= 4 is 11.8 Å². The molecule has 1 N–H and O–H groups in total. The molecule has 0 aliphatic carbocycles. The number of nitrogens with zero attached hydrogens (tertiary/aromatic N) is 2. The van der Waals surface area contributed by atoms with Gasteiger partial charge in [0.05, 0.1) is 0 Å². The lowest BCUT2D eigenvalue weighted by molar-refractivity contribution is 0.718. The summed E-state index contributed by atoms with van der Waals surface area (Å²) in [4.78, 5) is 9.92. The molecule has 0 saturated carbocycles. The summed E-state index contributed by atoms with van der Waals surface area (Å²) < 4.78 is 0. The number of hydrogen-bond acceptors (Lipinski definition) is 4. The van der Waals surface area contributed by atoms with Crippen LogP contribution in [0.5, 0.6) is 0 Å². The number of aromatic nitrogens is 2. The Morgan fingerprint density at radius 2 is 2.06 bits per heavy atom. The van der Waals surface area contributed by atoms with Gasteiger partial charge in [0, 0.05) is 23.3 Å². The van der Waals surface area contributed by atoms with Crippen LogP contribution in [0.15, 0.2) is 46.6 Å². The lowest BCUT2D eigenvalue weighted by atomic mass is 10.2. The molecule has 18 heavy (non-hydrogen) atoms. The molecular formula is C14H17N3S. The van der Waals surface area contributed by atoms with Crippen LogP contribution in [0.3, 0.4) is 0 Å². The van der Waals surface area contributed by atoms with E-state index in [9.17, 15) is 0 Å². The molecule has 0 fully saturated rings. The van der Waals surface area contributed by atoms with E-state index < -0.39 is 0 Å². The van der Waals surface area contributed by atoms with E-state index in [1.165, 1.54) is 10.5 Å². The molecule has 0 saturated heterocycles. The first-order chi connectivity index (χ1) is 8.79. The zero-order valence-corrected chi connectivity index (χ0v) is 11.5. The first kappa shape index (κ1) is 13.1. The van der Waals surface area contributed by atoms with Gasteiger partial charge in [-0.3, -0.25) is 0 Å². The highest BCUT2D eigenvalue weighted by Crippen LogP contribution is 2.27. The fraction of sp³-hybridized carbons (Fsp3) is 0.286. The van der Waals surface area contributed by atoms with Gasteiger partial charge >= 0.3 is 0 Å². The van der Waals surface area contributed by atoms with E-state index in [0.29, 0.717) is 0 Å². The molecule has 1 aromatic carbocycles. The lowest BCUT2D eigenvalue weighted by Crippen LogP contribution is -2.12. The van der Waals surface area contributed by atoms with Gasteiger partial charge in [0.15, 0.2) is 5.16 Å². The second-order valence-corrected chi connectivity index (χ2v) is 4.98. The Morgan fingerprint density at radius 1 is 1.22 bits per heavy atom. The fourth-order valence-corrected chi connectivity index (χ4v) is 2.50. The van der Waals surface area contributed by atoms with Crippen molar-refractivity contribution in [3.05, 3.63) is 47.8 Å². The lowest BCUT2D eigenvalue weighted by Gasteiger charge is -2.08. The average Bonchev–Trinajstić information content (AvgIpc) is 2.38. The standard InChI is InChI=1S/C14H17N3S/c1-3-15-10-12-6-4-5-7-13(12)18-14-16-9-8-11(2)17-14/h4-9,15H,3,10H2,1-2H3. The molecule has 0 spiro atoms. The highest BCUT2D eigenvalue weighted by Gasteiger charge is 2.05. The van der Waals surface area contributed by atoms with Crippen molar-refractivity contribution in [2.45, 2.75) is 30.4 Å². The zero-order valence-electron chi connectivity index (χ0n) is 10.7. The zero-order chi connectivity index (χ0) is 12.8. The van der Waals surface area contributed by atoms with Crippen LogP contribution >= 0.6 is 11.8 Å². The largest absolute Gasteiger partial charge is 0.313 e. The number of benzene rings is 1. The first-order valence-corrected chi connectivity index (χ1v) is 6.87. The summed E-state index contributed by atoms with van der Waals surface area (Å²) >= 11 is 1.62. The van der Waals surface area contributed by atoms with Gasteiger partial charge in [0.1, 0.15) is 0 Å². The maximum atomic E-state index is 4.42. The summed E-state index contributed by atoms with van der Waals surface area (Å²) in [5.74, 6) is 0. The van der Waals surface area contributed by atoms with Crippen molar-refractivity contribution in [1.82, 2.24) is 15.3 Å². The Labute approximate surface area is 112 Å². The van der Waals surface area contributed by atoms with E-state index in [-0.39, 0.29) is 0 Å². The molecule has 0 unspecified atom stereocenters. The normalized spacial score (nSPS) is 10.6. The maximum Gasteiger partial charge on any atom is 0.192 e. The number of hydrogen-bond donors (Lipinski definition) is 1. The Kier molecular flexibility index (Phi) is 4.73. The van der Waals surface area contributed by atoms with Gasteiger partial charge in [-0.1, -0.05) is 25.1 Å². The minimum atomic E-state index is 0.805. The first-order valence-electron chi connectivity index (χ1n) is 6.05. The molecule has 4 heteroatoms. The van der Waals surface area contributed by atoms with Crippen molar-refractivity contribution in [2.24, 2.45) is 0 Å². The van der Waals surface area contributed by atoms with E-state index >= 15 is 0 Å². The molecule has 0 aliphatic heterocycles. The summed E-state index contributed by atoms with van der Waals surface area (Å²) in [6.45, 7) is 5.95. The Morgan fingerprint density at radius 3 is 2.83 bits per heavy atom. The van der Waals surface area contributed by atoms with Gasteiger partial charge < -0.3 is 5.32 Å². The van der Waals surface area contributed by atoms with Crippen molar-refractivity contribution in [3.8, 4) is 0 Å². The van der Waals surface area contributed by atoms with Crippen LogP contribution in [0.2, 0.25) is 0 Å². The van der Waals surface area contributed by atoms with Crippen LogP contribution in [0, 0.1) is 6.92 Å². The summed E-state index contributed by atoms with van der Waals surface area (Å²) in [5.41, 5.74) is 2.28. The van der Waals surface area contributed by atoms with Gasteiger partial charge in [0.2, 0.25) is 0 Å². The van der Waals surface area contributed by atoms with Crippen LogP contribution in [-0.4, -0.2) is 16.5 Å². The predicted molar refractivity (Wildman–Crippen MR) is 74.7 cm³/mol. The summed E-state index contributed by atoms with van der Waals surface area (Å²) in [7, 11) is 0. The maximum absolute atomic E-state index is 4.42. The topological polar surface area (TPSA) is 37.8 Å². The predicted octanol–water partition coefficient (Wildman–Crippen LogP) is 3.05. The molecule has 0 amide bonds. The van der Waals surface area contributed by atoms with Crippen LogP contribution < -0.4 is 5.32 Å². The molecular weight excluding hydrogens is 242 g/mol. The highest BCUT2D eigenvalue weighted by molar-refractivity contribution is 7.99. The highest BCUT2D eigenvalue weighted by atomic mass is 32.2. The number of aryl methyl sites for hydroxylation is 1. The Balaban J connectivity index is 2.17. The van der Waals surface area contributed by atoms with E-state index in [0.717, 1.165) is 23.9 Å². The molecule has 0 radical (unpaired) electrons. The molecule has 0 bridgehead atoms. The van der Waals surface area contributed by atoms with Gasteiger partial charge in [-0.25, -0.2) is 9.97 Å². The van der Waals surface area contributed by atoms with E-state index in [1.807, 2.05) is 19.1 Å². The number of nitrogens with one attached hydrogen (secondary N) is 1. The third kappa shape index (κ3) is 3.55. The van der Waals surface area contributed by atoms with Crippen molar-refractivity contribution < 1.29 is 0 Å². The van der Waals surface area contributed by atoms with E-state index in [2.05, 4.69) is 40.4 Å². The Bertz CT molecular complexity index is 514. The van der Waals surface area contributed by atoms with Crippen molar-refractivity contribution in [1.29, 1.82) is 0 Å². The van der Waals surface area contributed by atoms with E-state index in [1.54, 1.807) is 18.0 Å². The summed E-state index contributed by atoms with van der Waals surface area (Å²) in [6, 6.07) is 10.3. The third-order valence-electron chi connectivity index (χ3n) is 2.51. The molecule has 94 valence electrons. The van der Waals surface area contributed by atoms with Crippen LogP contribution in [-0.2, 0) is 6.54 Å². The fourth-order valence-electron chi connectivity index (χ4n) is 1.58. The molecule has 3 nitrogen and oxygen atoms in total. The second-order valence-electron chi connectivity index (χ2n) is 3.97. The van der Waals surface area contributed by atoms with E-state index in [4.69, 9.17) is 0 Å². The molecule has 0 aliphatic rings. The van der Waals surface area contributed by atoms with Crippen LogP contribution in [0.1, 0.15) is 18.2 Å². The molecule has 0 atom stereocenters. The summed E-state index contributed by atoms with van der Waals surface area (Å²) in [5, 5.41) is 4.15. The molecule has 2 rings (SSSR count). The smallest absolute Gasteiger partial charge is 0.192 e. The molecule has 1 aromatic heterocycles. The molecule has 2 aromatic rings. The second kappa shape index (κ2) is 6.52. The van der Waals surface area contributed by atoms with Gasteiger partial charge in [-0.2, -0.15) is 0 Å². The molecule has 1 heterocycles. The van der Waals surface area contributed by atoms with Crippen LogP contribution in [0.25, 0.3) is 0 Å². The minimum Gasteiger partial charge on any atom is -0.313 e. The van der Waals surface area contributed by atoms with Crippen molar-refractivity contribution in [3.63, 3.8) is 0 Å². The monoisotopic (exact) mass is 259 g/mol. The third-order valence-corrected chi connectivity index (χ3v) is 3.51. The van der Waals surface area contributed by atoms with Crippen LogP contribution in [0.4, 0.5) is 0 Å². The average molecular weight is 259 g/mol. The summed E-state index contributed by atoms with van der Waals surface area (Å²) in [6.07, 6.45) is 1.80. The SMILES string of the molecule is CCNCc1ccccc1Sc1nccc(C)n1. The minimum absolute atomic E-state index is 0.805. The van der Waals surface area contributed by atoms with Gasteiger partial charge in [0.25, 0.3) is 0 Å². The van der Waals surface area contributed by atoms with Gasteiger partial charge in [-0.05, 0) is 42.9 Å². The van der Waals surface area contributed by atoms with Crippen molar-refractivity contribution in [2.75, 3.05) is 6.54 Å². The number of rotatable bonds is 5. The quantitative estimate of drug-likeness (QED) is 0.838. The Hall–Kier alpha value is -1.39. The van der Waals surface area contributed by atoms with Gasteiger partial charge in [-0.15, -0.1) is 0 Å².